The molecular formula is C93H92FN6+3. The Balaban J connectivity index is 0.000000117. The molecule has 6 aromatic carbocycles. The van der Waals surface area contributed by atoms with E-state index in [0.717, 1.165) is 28.2 Å². The normalized spacial score (nSPS) is 15.6. The molecule has 12 aromatic rings. The van der Waals surface area contributed by atoms with E-state index in [2.05, 4.69) is 267 Å². The lowest BCUT2D eigenvalue weighted by molar-refractivity contribution is -0.660. The summed E-state index contributed by atoms with van der Waals surface area (Å²) in [7, 11) is 6.47. The van der Waals surface area contributed by atoms with Crippen LogP contribution in [-0.2, 0) is 37.4 Å². The van der Waals surface area contributed by atoms with Crippen molar-refractivity contribution >= 4 is 0 Å². The molecular weight excluding hydrogens is 1220 g/mol. The fourth-order valence-electron chi connectivity index (χ4n) is 18.9. The Labute approximate surface area is 591 Å². The summed E-state index contributed by atoms with van der Waals surface area (Å²) in [6.45, 7) is 19.7. The minimum absolute atomic E-state index is 0.0564. The van der Waals surface area contributed by atoms with Gasteiger partial charge in [0.25, 0.3) is 0 Å². The van der Waals surface area contributed by atoms with Crippen LogP contribution >= 0.6 is 0 Å². The van der Waals surface area contributed by atoms with Gasteiger partial charge in [-0.2, -0.15) is 0 Å². The Hall–Kier alpha value is -9.85. The van der Waals surface area contributed by atoms with Gasteiger partial charge in [0.05, 0.1) is 17.1 Å². The first-order chi connectivity index (χ1) is 48.3. The van der Waals surface area contributed by atoms with Gasteiger partial charge in [0, 0.05) is 102 Å². The molecule has 0 atom stereocenters. The smallest absolute Gasteiger partial charge is 0.212 e. The molecule has 0 aliphatic heterocycles. The van der Waals surface area contributed by atoms with E-state index in [4.69, 9.17) is 15.0 Å². The summed E-state index contributed by atoms with van der Waals surface area (Å²) in [6.07, 6.45) is 21.6. The van der Waals surface area contributed by atoms with E-state index in [0.29, 0.717) is 0 Å². The van der Waals surface area contributed by atoms with Gasteiger partial charge in [0.15, 0.2) is 18.6 Å². The molecule has 0 N–H and O–H groups in total. The van der Waals surface area contributed by atoms with Gasteiger partial charge in [0.1, 0.15) is 27.0 Å². The van der Waals surface area contributed by atoms with Crippen LogP contribution < -0.4 is 13.7 Å². The predicted molar refractivity (Wildman–Crippen MR) is 405 cm³/mol. The highest BCUT2D eigenvalue weighted by atomic mass is 19.1. The van der Waals surface area contributed by atoms with E-state index in [1.807, 2.05) is 12.1 Å². The number of rotatable bonds is 6. The maximum absolute atomic E-state index is 13.5. The Kier molecular flexibility index (Phi) is 16.3. The van der Waals surface area contributed by atoms with Crippen molar-refractivity contribution in [1.82, 2.24) is 15.0 Å². The molecule has 3 fully saturated rings. The zero-order chi connectivity index (χ0) is 69.1. The topological polar surface area (TPSA) is 50.3 Å². The van der Waals surface area contributed by atoms with Crippen molar-refractivity contribution in [2.75, 3.05) is 0 Å². The van der Waals surface area contributed by atoms with Crippen molar-refractivity contribution in [3.05, 3.63) is 285 Å². The fourth-order valence-corrected chi connectivity index (χ4v) is 18.9. The van der Waals surface area contributed by atoms with Crippen molar-refractivity contribution < 1.29 is 18.1 Å². The number of aromatic nitrogens is 6. The monoisotopic (exact) mass is 1310 g/mol. The summed E-state index contributed by atoms with van der Waals surface area (Å²) in [5.41, 5.74) is 43.0. The van der Waals surface area contributed by atoms with Crippen LogP contribution in [-0.4, -0.2) is 15.0 Å². The van der Waals surface area contributed by atoms with Crippen LogP contribution in [0.1, 0.15) is 161 Å². The van der Waals surface area contributed by atoms with E-state index in [1.54, 1.807) is 0 Å². The van der Waals surface area contributed by atoms with Crippen LogP contribution in [0.15, 0.2) is 195 Å². The lowest BCUT2D eigenvalue weighted by Crippen LogP contribution is -2.31. The molecule has 7 heteroatoms. The van der Waals surface area contributed by atoms with Crippen LogP contribution in [0.2, 0.25) is 0 Å². The maximum atomic E-state index is 13.5. The summed E-state index contributed by atoms with van der Waals surface area (Å²) in [4.78, 5) is 15.3. The number of nitrogens with zero attached hydrogens (tertiary/aromatic N) is 6. The first-order valence-corrected chi connectivity index (χ1v) is 36.6. The van der Waals surface area contributed by atoms with Crippen LogP contribution in [0.4, 0.5) is 4.39 Å². The lowest BCUT2D eigenvalue weighted by Gasteiger charge is -2.26. The number of benzene rings is 6. The van der Waals surface area contributed by atoms with Crippen molar-refractivity contribution in [2.24, 2.45) is 21.1 Å². The molecule has 0 saturated heterocycles. The van der Waals surface area contributed by atoms with E-state index in [1.165, 1.54) is 246 Å². The van der Waals surface area contributed by atoms with Crippen LogP contribution in [0.25, 0.3) is 101 Å². The molecule has 0 amide bonds. The molecule has 3 spiro atoms. The Morgan fingerprint density at radius 2 is 0.550 bits per heavy atom. The minimum Gasteiger partial charge on any atom is -0.257 e. The third kappa shape index (κ3) is 10.7. The molecule has 100 heavy (non-hydrogen) atoms. The molecule has 6 aliphatic carbocycles. The highest BCUT2D eigenvalue weighted by Crippen LogP contribution is 2.60. The number of aryl methyl sites for hydroxylation is 12. The van der Waals surface area contributed by atoms with E-state index < -0.39 is 0 Å². The second-order valence-corrected chi connectivity index (χ2v) is 30.4. The van der Waals surface area contributed by atoms with Gasteiger partial charge < -0.3 is 0 Å². The van der Waals surface area contributed by atoms with Crippen LogP contribution in [0, 0.1) is 68.1 Å². The summed E-state index contributed by atoms with van der Waals surface area (Å²) >= 11 is 0. The number of hydrogen-bond acceptors (Lipinski definition) is 3. The van der Waals surface area contributed by atoms with Gasteiger partial charge in [-0.05, 0) is 233 Å². The molecule has 6 heterocycles. The first kappa shape index (κ1) is 64.8. The number of halogens is 1. The third-order valence-electron chi connectivity index (χ3n) is 23.9. The molecule has 0 radical (unpaired) electrons. The highest BCUT2D eigenvalue weighted by Gasteiger charge is 2.50. The first-order valence-electron chi connectivity index (χ1n) is 36.6. The molecule has 498 valence electrons. The van der Waals surface area contributed by atoms with Gasteiger partial charge >= 0.3 is 0 Å². The van der Waals surface area contributed by atoms with Crippen molar-refractivity contribution in [3.8, 4) is 101 Å². The van der Waals surface area contributed by atoms with E-state index >= 15 is 0 Å². The maximum Gasteiger partial charge on any atom is 0.212 e. The average Bonchev–Trinajstić information content (AvgIpc) is 1.57. The zero-order valence-corrected chi connectivity index (χ0v) is 60.5. The number of pyridine rings is 6. The summed E-state index contributed by atoms with van der Waals surface area (Å²) in [5, 5.41) is 0. The molecule has 6 nitrogen and oxygen atoms in total. The predicted octanol–water partition coefficient (Wildman–Crippen LogP) is 21.2. The third-order valence-corrected chi connectivity index (χ3v) is 23.9. The summed E-state index contributed by atoms with van der Waals surface area (Å²) in [5.74, 6) is -0.206. The zero-order valence-electron chi connectivity index (χ0n) is 60.5. The second-order valence-electron chi connectivity index (χ2n) is 30.4. The van der Waals surface area contributed by atoms with Crippen LogP contribution in [0.3, 0.4) is 0 Å². The molecule has 6 aromatic heterocycles. The van der Waals surface area contributed by atoms with Gasteiger partial charge in [-0.1, -0.05) is 148 Å². The van der Waals surface area contributed by atoms with Crippen molar-refractivity contribution in [1.29, 1.82) is 0 Å². The lowest BCUT2D eigenvalue weighted by atomic mass is 9.78. The van der Waals surface area contributed by atoms with E-state index in [-0.39, 0.29) is 22.1 Å². The number of hydrogen-bond donors (Lipinski definition) is 0. The quantitative estimate of drug-likeness (QED) is 0.156. The average molecular weight is 1310 g/mol. The molecule has 0 bridgehead atoms. The van der Waals surface area contributed by atoms with Crippen LogP contribution in [0.5, 0.6) is 0 Å². The summed E-state index contributed by atoms with van der Waals surface area (Å²) in [6, 6.07) is 63.2. The van der Waals surface area contributed by atoms with Gasteiger partial charge in [-0.15, -0.1) is 0 Å². The van der Waals surface area contributed by atoms with Crippen molar-refractivity contribution in [2.45, 2.75) is 156 Å². The standard InChI is InChI=1S/C31H30FN2.2C31H31N2/c1-19-15-26-24-12-7-21(3)33-30(24)31(13-5-6-14-31)28(26)17-25(19)29-16-20(2)27(18-34(29)4)22-8-10-23(32)11-9-22;2*1-20-16-26-24-13-12-22(3)32-30(24)31(14-8-9-15-31)28(26)18-25(20)29-17-21(2)27(19-33(29)4)23-10-6-5-7-11-23/h7-12,15-18H,5-6,13-14H2,1-4H3;2*5-7,10-13,16-19H,8-9,14-15H2,1-4H3/q3*+1. The summed E-state index contributed by atoms with van der Waals surface area (Å²) < 4.78 is 20.3. The molecule has 6 aliphatic rings. The Bertz CT molecular complexity index is 5060. The van der Waals surface area contributed by atoms with E-state index in [9.17, 15) is 4.39 Å². The van der Waals surface area contributed by atoms with Gasteiger partial charge in [-0.25, -0.2) is 18.1 Å². The Morgan fingerprint density at radius 1 is 0.280 bits per heavy atom. The van der Waals surface area contributed by atoms with Gasteiger partial charge in [-0.3, -0.25) is 15.0 Å². The molecule has 18 rings (SSSR count). The Morgan fingerprint density at radius 3 is 0.840 bits per heavy atom. The highest BCUT2D eigenvalue weighted by molar-refractivity contribution is 5.87. The number of fused-ring (bicyclic) bond motifs is 15. The van der Waals surface area contributed by atoms with Crippen molar-refractivity contribution in [3.63, 3.8) is 0 Å². The largest absolute Gasteiger partial charge is 0.257 e. The SMILES string of the molecule is Cc1ccc2c(n1)C1(CCCC1)c1cc(-c3cc(C)c(-c4ccc(F)cc4)c[n+]3C)c(C)cc1-2.Cc1ccc2c(n1)C1(CCCC1)c1cc(-c3cc(C)c(-c4ccccc4)c[n+]3C)c(C)cc1-2.Cc1ccc2c(n1)C1(CCCC1)c1cc(-c3cc(C)c(-c4ccccc4)c[n+]3C)c(C)cc1-2. The minimum atomic E-state index is -0.206. The molecule has 3 saturated carbocycles. The van der Waals surface area contributed by atoms with Gasteiger partial charge in [0.2, 0.25) is 17.1 Å². The molecule has 0 unspecified atom stereocenters. The fraction of sp³-hybridized carbons (Fsp3) is 0.290. The second kappa shape index (κ2) is 25.1.